The molecule has 0 unspecified atom stereocenters. The standard InChI is InChI=1S/C17H23N3O5/c1-11-14(17(22-3)20(2)19-11)8-18-7-12(21)9-23-13-4-5-15-16(6-13)25-10-24-15/h4-6,12,18,21H,7-10H2,1-3H3/t12-/m1/s1. The van der Waals surface area contributed by atoms with Crippen molar-refractivity contribution < 1.29 is 24.1 Å². The molecule has 1 atom stereocenters. The number of aliphatic hydroxyl groups is 1. The van der Waals surface area contributed by atoms with Crippen molar-refractivity contribution in [1.29, 1.82) is 0 Å². The van der Waals surface area contributed by atoms with Crippen molar-refractivity contribution in [2.75, 3.05) is 27.1 Å². The number of ether oxygens (including phenoxy) is 4. The van der Waals surface area contributed by atoms with Crippen LogP contribution in [0.4, 0.5) is 0 Å². The van der Waals surface area contributed by atoms with E-state index in [9.17, 15) is 5.11 Å². The first-order valence-corrected chi connectivity index (χ1v) is 8.06. The molecule has 1 aromatic carbocycles. The van der Waals surface area contributed by atoms with Gasteiger partial charge in [0.2, 0.25) is 12.7 Å². The molecule has 1 aliphatic rings. The Morgan fingerprint density at radius 3 is 2.96 bits per heavy atom. The minimum atomic E-state index is -0.645. The number of benzene rings is 1. The Bertz CT molecular complexity index is 731. The molecule has 1 aromatic heterocycles. The van der Waals surface area contributed by atoms with Crippen LogP contribution in [0.25, 0.3) is 0 Å². The lowest BCUT2D eigenvalue weighted by Gasteiger charge is -2.14. The van der Waals surface area contributed by atoms with E-state index in [-0.39, 0.29) is 13.4 Å². The summed E-state index contributed by atoms with van der Waals surface area (Å²) in [5.41, 5.74) is 1.88. The summed E-state index contributed by atoms with van der Waals surface area (Å²) in [6, 6.07) is 5.34. The number of methoxy groups -OCH3 is 1. The fourth-order valence-corrected chi connectivity index (χ4v) is 2.72. The van der Waals surface area contributed by atoms with E-state index < -0.39 is 6.10 Å². The average molecular weight is 349 g/mol. The summed E-state index contributed by atoms with van der Waals surface area (Å²) in [7, 11) is 3.46. The summed E-state index contributed by atoms with van der Waals surface area (Å²) in [4.78, 5) is 0. The van der Waals surface area contributed by atoms with Gasteiger partial charge in [-0.15, -0.1) is 0 Å². The monoisotopic (exact) mass is 349 g/mol. The van der Waals surface area contributed by atoms with E-state index in [1.165, 1.54) is 0 Å². The van der Waals surface area contributed by atoms with Gasteiger partial charge in [-0.2, -0.15) is 5.10 Å². The largest absolute Gasteiger partial charge is 0.491 e. The molecular formula is C17H23N3O5. The summed E-state index contributed by atoms with van der Waals surface area (Å²) in [6.45, 7) is 3.28. The van der Waals surface area contributed by atoms with Crippen molar-refractivity contribution in [2.45, 2.75) is 19.6 Å². The van der Waals surface area contributed by atoms with Crippen LogP contribution in [0.5, 0.6) is 23.1 Å². The lowest BCUT2D eigenvalue weighted by atomic mass is 10.2. The van der Waals surface area contributed by atoms with Gasteiger partial charge in [0, 0.05) is 26.2 Å². The zero-order chi connectivity index (χ0) is 17.8. The molecule has 0 saturated heterocycles. The van der Waals surface area contributed by atoms with E-state index in [0.29, 0.717) is 30.3 Å². The van der Waals surface area contributed by atoms with E-state index in [0.717, 1.165) is 17.1 Å². The number of aryl methyl sites for hydroxylation is 2. The second kappa shape index (κ2) is 7.62. The molecule has 8 nitrogen and oxygen atoms in total. The average Bonchev–Trinajstić information content (AvgIpc) is 3.16. The third-order valence-electron chi connectivity index (χ3n) is 3.95. The maximum atomic E-state index is 10.1. The predicted molar refractivity (Wildman–Crippen MR) is 90.3 cm³/mol. The van der Waals surface area contributed by atoms with Crippen LogP contribution in [-0.4, -0.2) is 48.0 Å². The summed E-state index contributed by atoms with van der Waals surface area (Å²) in [6.07, 6.45) is -0.645. The highest BCUT2D eigenvalue weighted by Crippen LogP contribution is 2.35. The Hall–Kier alpha value is -2.45. The van der Waals surface area contributed by atoms with Crippen molar-refractivity contribution in [3.05, 3.63) is 29.5 Å². The number of aliphatic hydroxyl groups excluding tert-OH is 1. The Balaban J connectivity index is 1.45. The lowest BCUT2D eigenvalue weighted by Crippen LogP contribution is -2.31. The fourth-order valence-electron chi connectivity index (χ4n) is 2.72. The molecule has 0 amide bonds. The summed E-state index contributed by atoms with van der Waals surface area (Å²) >= 11 is 0. The normalized spacial score (nSPS) is 13.8. The Morgan fingerprint density at radius 1 is 1.36 bits per heavy atom. The van der Waals surface area contributed by atoms with Crippen LogP contribution in [-0.2, 0) is 13.6 Å². The Labute approximate surface area is 146 Å². The van der Waals surface area contributed by atoms with Crippen LogP contribution in [0.15, 0.2) is 18.2 Å². The molecule has 2 aromatic rings. The number of nitrogens with zero attached hydrogens (tertiary/aromatic N) is 2. The second-order valence-corrected chi connectivity index (χ2v) is 5.81. The van der Waals surface area contributed by atoms with Crippen molar-refractivity contribution in [1.82, 2.24) is 15.1 Å². The van der Waals surface area contributed by atoms with Gasteiger partial charge in [-0.1, -0.05) is 0 Å². The third kappa shape index (κ3) is 3.97. The van der Waals surface area contributed by atoms with Crippen molar-refractivity contribution in [3.8, 4) is 23.1 Å². The van der Waals surface area contributed by atoms with E-state index in [4.69, 9.17) is 18.9 Å². The molecule has 1 aliphatic heterocycles. The van der Waals surface area contributed by atoms with Gasteiger partial charge in [0.05, 0.1) is 18.4 Å². The van der Waals surface area contributed by atoms with E-state index in [1.54, 1.807) is 30.0 Å². The van der Waals surface area contributed by atoms with Crippen LogP contribution >= 0.6 is 0 Å². The molecule has 136 valence electrons. The number of nitrogens with one attached hydrogen (secondary N) is 1. The predicted octanol–water partition coefficient (Wildman–Crippen LogP) is 0.995. The molecule has 0 saturated carbocycles. The first-order chi connectivity index (χ1) is 12.1. The molecule has 2 N–H and O–H groups in total. The van der Waals surface area contributed by atoms with Crippen LogP contribution in [0.2, 0.25) is 0 Å². The van der Waals surface area contributed by atoms with Crippen molar-refractivity contribution in [2.24, 2.45) is 7.05 Å². The molecule has 8 heteroatoms. The zero-order valence-corrected chi connectivity index (χ0v) is 14.6. The molecule has 0 fully saturated rings. The SMILES string of the molecule is COc1c(CNC[C@@H](O)COc2ccc3c(c2)OCO3)c(C)nn1C. The molecule has 0 aliphatic carbocycles. The van der Waals surface area contributed by atoms with Gasteiger partial charge in [-0.25, -0.2) is 4.68 Å². The highest BCUT2D eigenvalue weighted by Gasteiger charge is 2.16. The molecule has 25 heavy (non-hydrogen) atoms. The summed E-state index contributed by atoms with van der Waals surface area (Å²) in [5, 5.41) is 17.6. The number of fused-ring (bicyclic) bond motifs is 1. The summed E-state index contributed by atoms with van der Waals surface area (Å²) in [5.74, 6) is 2.71. The van der Waals surface area contributed by atoms with Gasteiger partial charge in [0.25, 0.3) is 0 Å². The maximum Gasteiger partial charge on any atom is 0.231 e. The summed E-state index contributed by atoms with van der Waals surface area (Å²) < 4.78 is 23.2. The highest BCUT2D eigenvalue weighted by atomic mass is 16.7. The minimum absolute atomic E-state index is 0.176. The van der Waals surface area contributed by atoms with E-state index in [2.05, 4.69) is 10.4 Å². The van der Waals surface area contributed by atoms with Crippen LogP contribution in [0.1, 0.15) is 11.3 Å². The van der Waals surface area contributed by atoms with E-state index in [1.807, 2.05) is 14.0 Å². The molecule has 0 bridgehead atoms. The topological polar surface area (TPSA) is 87.0 Å². The van der Waals surface area contributed by atoms with Crippen molar-refractivity contribution >= 4 is 0 Å². The lowest BCUT2D eigenvalue weighted by molar-refractivity contribution is 0.106. The van der Waals surface area contributed by atoms with Crippen molar-refractivity contribution in [3.63, 3.8) is 0 Å². The van der Waals surface area contributed by atoms with Gasteiger partial charge in [0.15, 0.2) is 11.5 Å². The quantitative estimate of drug-likeness (QED) is 0.735. The number of aromatic nitrogens is 2. The van der Waals surface area contributed by atoms with Crippen LogP contribution in [0.3, 0.4) is 0 Å². The highest BCUT2D eigenvalue weighted by molar-refractivity contribution is 5.46. The maximum absolute atomic E-state index is 10.1. The zero-order valence-electron chi connectivity index (χ0n) is 14.6. The molecule has 0 spiro atoms. The fraction of sp³-hybridized carbons (Fsp3) is 0.471. The minimum Gasteiger partial charge on any atom is -0.491 e. The first kappa shape index (κ1) is 17.4. The molecule has 3 rings (SSSR count). The van der Waals surface area contributed by atoms with Crippen LogP contribution in [0, 0.1) is 6.92 Å². The van der Waals surface area contributed by atoms with Gasteiger partial charge in [-0.3, -0.25) is 0 Å². The molecule has 2 heterocycles. The number of hydrogen-bond acceptors (Lipinski definition) is 7. The molecular weight excluding hydrogens is 326 g/mol. The van der Waals surface area contributed by atoms with Gasteiger partial charge in [0.1, 0.15) is 18.5 Å². The second-order valence-electron chi connectivity index (χ2n) is 5.81. The third-order valence-corrected chi connectivity index (χ3v) is 3.95. The van der Waals surface area contributed by atoms with Gasteiger partial charge < -0.3 is 29.4 Å². The first-order valence-electron chi connectivity index (χ1n) is 8.06. The van der Waals surface area contributed by atoms with Crippen LogP contribution < -0.4 is 24.3 Å². The van der Waals surface area contributed by atoms with E-state index >= 15 is 0 Å². The Morgan fingerprint density at radius 2 is 2.16 bits per heavy atom. The number of hydrogen-bond donors (Lipinski definition) is 2. The number of rotatable bonds is 8. The van der Waals surface area contributed by atoms with Gasteiger partial charge in [-0.05, 0) is 19.1 Å². The van der Waals surface area contributed by atoms with Gasteiger partial charge >= 0.3 is 0 Å². The molecule has 0 radical (unpaired) electrons. The smallest absolute Gasteiger partial charge is 0.231 e. The Kier molecular flexibility index (Phi) is 5.30.